The van der Waals surface area contributed by atoms with E-state index in [1.807, 2.05) is 0 Å². The fraction of sp³-hybridized carbons (Fsp3) is 0.889. The fourth-order valence-corrected chi connectivity index (χ4v) is 1.55. The highest BCUT2D eigenvalue weighted by molar-refractivity contribution is 7.96. The van der Waals surface area contributed by atoms with Crippen molar-refractivity contribution in [2.24, 2.45) is 11.8 Å². The molecule has 0 amide bonds. The van der Waals surface area contributed by atoms with Crippen LogP contribution in [0.2, 0.25) is 0 Å². The molecule has 0 aliphatic heterocycles. The molecule has 0 saturated heterocycles. The predicted octanol–water partition coefficient (Wildman–Crippen LogP) is 1.67. The van der Waals surface area contributed by atoms with Crippen molar-refractivity contribution in [1.82, 2.24) is 0 Å². The van der Waals surface area contributed by atoms with Gasteiger partial charge in [-0.1, -0.05) is 27.7 Å². The van der Waals surface area contributed by atoms with E-state index in [0.29, 0.717) is 0 Å². The number of halogens is 2. The molecule has 0 N–H and O–H groups in total. The zero-order valence-corrected chi connectivity index (χ0v) is 10.8. The lowest BCUT2D eigenvalue weighted by Gasteiger charge is -2.26. The van der Waals surface area contributed by atoms with Gasteiger partial charge in [0.1, 0.15) is 18.1 Å². The van der Waals surface area contributed by atoms with Crippen LogP contribution < -0.4 is 5.26 Å². The van der Waals surface area contributed by atoms with Crippen LogP contribution in [0.3, 0.4) is 0 Å². The van der Waals surface area contributed by atoms with E-state index in [1.165, 1.54) is 0 Å². The van der Waals surface area contributed by atoms with Crippen LogP contribution in [0.5, 0.6) is 0 Å². The first-order chi connectivity index (χ1) is 7.72. The summed E-state index contributed by atoms with van der Waals surface area (Å²) in [4.78, 5) is 11.2. The third-order valence-electron chi connectivity index (χ3n) is 1.96. The lowest BCUT2D eigenvalue weighted by Crippen LogP contribution is -2.36. The summed E-state index contributed by atoms with van der Waals surface area (Å²) in [7, 11) is 0. The maximum absolute atomic E-state index is 13.0. The molecule has 0 unspecified atom stereocenters. The van der Waals surface area contributed by atoms with Gasteiger partial charge >= 0.3 is 11.2 Å². The standard InChI is InChI=1S/C9H16F2O5S/c1-5(2)7(6(3)4)14-8(12)9(10,11)17-16-15-13/h5-7,13H,1-4H3/p-1. The minimum absolute atomic E-state index is 0.101. The van der Waals surface area contributed by atoms with Crippen molar-refractivity contribution >= 4 is 18.0 Å². The topological polar surface area (TPSA) is 67.8 Å². The molecule has 0 aliphatic rings. The number of alkyl halides is 2. The minimum atomic E-state index is -3.98. The Labute approximate surface area is 102 Å². The number of rotatable bonds is 7. The van der Waals surface area contributed by atoms with Crippen molar-refractivity contribution in [1.29, 1.82) is 0 Å². The van der Waals surface area contributed by atoms with E-state index in [-0.39, 0.29) is 11.8 Å². The summed E-state index contributed by atoms with van der Waals surface area (Å²) in [5.74, 6) is -1.96. The van der Waals surface area contributed by atoms with Crippen molar-refractivity contribution in [2.75, 3.05) is 0 Å². The van der Waals surface area contributed by atoms with Gasteiger partial charge in [0.2, 0.25) is 0 Å². The van der Waals surface area contributed by atoms with Crippen molar-refractivity contribution in [3.05, 3.63) is 0 Å². The Hall–Kier alpha value is -0.440. The Balaban J connectivity index is 4.49. The molecular weight excluding hydrogens is 258 g/mol. The molecule has 0 aliphatic carbocycles. The second-order valence-corrected chi connectivity index (χ2v) is 4.91. The van der Waals surface area contributed by atoms with Crippen molar-refractivity contribution in [2.45, 2.75) is 39.1 Å². The summed E-state index contributed by atoms with van der Waals surface area (Å²) < 4.78 is 34.2. The SMILES string of the molecule is CC(C)C(OC(=O)C(F)(F)SOO[O-])C(C)C. The Bertz CT molecular complexity index is 240. The third-order valence-corrected chi connectivity index (χ3v) is 2.46. The monoisotopic (exact) mass is 273 g/mol. The molecule has 0 rings (SSSR count). The minimum Gasteiger partial charge on any atom is -0.691 e. The second-order valence-electron chi connectivity index (χ2n) is 4.09. The van der Waals surface area contributed by atoms with Crippen LogP contribution in [0.15, 0.2) is 0 Å². The van der Waals surface area contributed by atoms with E-state index < -0.39 is 29.4 Å². The normalized spacial score (nSPS) is 12.6. The predicted molar refractivity (Wildman–Crippen MR) is 54.3 cm³/mol. The van der Waals surface area contributed by atoms with Crippen molar-refractivity contribution in [3.8, 4) is 0 Å². The summed E-state index contributed by atoms with van der Waals surface area (Å²) in [5.41, 5.74) is 0. The van der Waals surface area contributed by atoms with Gasteiger partial charge in [-0.3, -0.25) is 5.04 Å². The largest absolute Gasteiger partial charge is 0.691 e. The molecule has 0 radical (unpaired) electrons. The molecule has 0 aromatic heterocycles. The molecular formula is C9H15F2O5S-. The smallest absolute Gasteiger partial charge is 0.415 e. The van der Waals surface area contributed by atoms with Crippen LogP contribution in [0.25, 0.3) is 0 Å². The van der Waals surface area contributed by atoms with Crippen LogP contribution in [0.1, 0.15) is 27.7 Å². The molecule has 0 aromatic carbocycles. The average Bonchev–Trinajstić information content (AvgIpc) is 2.21. The van der Waals surface area contributed by atoms with Crippen molar-refractivity contribution in [3.63, 3.8) is 0 Å². The fourth-order valence-electron chi connectivity index (χ4n) is 1.32. The first-order valence-corrected chi connectivity index (χ1v) is 5.69. The number of ether oxygens (including phenoxy) is 1. The third kappa shape index (κ3) is 5.62. The van der Waals surface area contributed by atoms with Crippen LogP contribution in [-0.4, -0.2) is 17.3 Å². The number of hydrogen-bond acceptors (Lipinski definition) is 6. The lowest BCUT2D eigenvalue weighted by atomic mass is 9.96. The van der Waals surface area contributed by atoms with Gasteiger partial charge in [-0.15, -0.1) is 0 Å². The zero-order chi connectivity index (χ0) is 13.6. The van der Waals surface area contributed by atoms with Gasteiger partial charge in [0.25, 0.3) is 0 Å². The summed E-state index contributed by atoms with van der Waals surface area (Å²) in [6, 6.07) is 0. The molecule has 0 fully saturated rings. The van der Waals surface area contributed by atoms with Gasteiger partial charge in [-0.2, -0.15) is 13.1 Å². The van der Waals surface area contributed by atoms with Crippen LogP contribution in [0, 0.1) is 11.8 Å². The maximum atomic E-state index is 13.0. The lowest BCUT2D eigenvalue weighted by molar-refractivity contribution is -0.777. The summed E-state index contributed by atoms with van der Waals surface area (Å²) in [6.45, 7) is 7.00. The molecule has 102 valence electrons. The Kier molecular flexibility index (Phi) is 6.91. The Morgan fingerprint density at radius 2 is 1.71 bits per heavy atom. The molecule has 0 saturated carbocycles. The molecule has 17 heavy (non-hydrogen) atoms. The van der Waals surface area contributed by atoms with Gasteiger partial charge in [0.15, 0.2) is 0 Å². The zero-order valence-electron chi connectivity index (χ0n) is 9.94. The van der Waals surface area contributed by atoms with Crippen LogP contribution >= 0.6 is 12.0 Å². The quantitative estimate of drug-likeness (QED) is 0.304. The number of carbonyl (C=O) groups excluding carboxylic acids is 1. The molecule has 0 bridgehead atoms. The van der Waals surface area contributed by atoms with E-state index in [1.54, 1.807) is 27.7 Å². The van der Waals surface area contributed by atoms with Crippen LogP contribution in [0.4, 0.5) is 8.78 Å². The van der Waals surface area contributed by atoms with Gasteiger partial charge in [0.05, 0.1) is 0 Å². The second kappa shape index (κ2) is 7.10. The molecule has 0 spiro atoms. The van der Waals surface area contributed by atoms with E-state index in [9.17, 15) is 18.8 Å². The van der Waals surface area contributed by atoms with E-state index in [4.69, 9.17) is 0 Å². The summed E-state index contributed by atoms with van der Waals surface area (Å²) >= 11 is -0.690. The van der Waals surface area contributed by atoms with E-state index >= 15 is 0 Å². The first-order valence-electron chi connectivity index (χ1n) is 4.95. The highest BCUT2D eigenvalue weighted by atomic mass is 32.2. The van der Waals surface area contributed by atoms with Gasteiger partial charge in [-0.05, 0) is 11.8 Å². The van der Waals surface area contributed by atoms with Gasteiger partial charge in [0, 0.05) is 0 Å². The first kappa shape index (κ1) is 16.6. The molecule has 0 heterocycles. The maximum Gasteiger partial charge on any atom is 0.415 e. The number of hydrogen-bond donors (Lipinski definition) is 0. The molecule has 0 aromatic rings. The van der Waals surface area contributed by atoms with Gasteiger partial charge in [-0.25, -0.2) is 4.79 Å². The van der Waals surface area contributed by atoms with Crippen molar-refractivity contribution < 1.29 is 32.9 Å². The summed E-state index contributed by atoms with van der Waals surface area (Å²) in [5, 5.41) is 8.18. The number of carbonyl (C=O) groups is 1. The van der Waals surface area contributed by atoms with Crippen LogP contribution in [-0.2, 0) is 18.9 Å². The Morgan fingerprint density at radius 1 is 1.24 bits per heavy atom. The highest BCUT2D eigenvalue weighted by Crippen LogP contribution is 2.32. The summed E-state index contributed by atoms with van der Waals surface area (Å²) in [6.07, 6.45) is -0.637. The Morgan fingerprint density at radius 3 is 2.06 bits per heavy atom. The number of esters is 1. The molecule has 5 nitrogen and oxygen atoms in total. The average molecular weight is 273 g/mol. The molecule has 0 atom stereocenters. The highest BCUT2D eigenvalue weighted by Gasteiger charge is 2.45. The van der Waals surface area contributed by atoms with E-state index in [2.05, 4.69) is 14.1 Å². The van der Waals surface area contributed by atoms with Gasteiger partial charge < -0.3 is 9.99 Å². The van der Waals surface area contributed by atoms with E-state index in [0.717, 1.165) is 0 Å². The molecule has 8 heteroatoms.